The minimum Gasteiger partial charge on any atom is -0.493 e. The van der Waals surface area contributed by atoms with Crippen molar-refractivity contribution in [3.63, 3.8) is 0 Å². The predicted octanol–water partition coefficient (Wildman–Crippen LogP) is 3.58. The molecular weight excluding hydrogens is 446 g/mol. The van der Waals surface area contributed by atoms with Gasteiger partial charge in [0.1, 0.15) is 6.61 Å². The lowest BCUT2D eigenvalue weighted by molar-refractivity contribution is -0.183. The Morgan fingerprint density at radius 3 is 2.57 bits per heavy atom. The summed E-state index contributed by atoms with van der Waals surface area (Å²) in [6, 6.07) is 13.7. The Morgan fingerprint density at radius 2 is 1.89 bits per heavy atom. The van der Waals surface area contributed by atoms with Crippen molar-refractivity contribution in [3.8, 4) is 11.5 Å². The average Bonchev–Trinajstić information content (AvgIpc) is 2.84. The third kappa shape index (κ3) is 3.52. The first-order valence-corrected chi connectivity index (χ1v) is 11.9. The topological polar surface area (TPSA) is 74.3 Å². The maximum Gasteiger partial charge on any atom is 0.303 e. The lowest BCUT2D eigenvalue weighted by Gasteiger charge is -2.62. The van der Waals surface area contributed by atoms with Gasteiger partial charge >= 0.3 is 5.97 Å². The van der Waals surface area contributed by atoms with Crippen molar-refractivity contribution in [2.24, 2.45) is 0 Å². The summed E-state index contributed by atoms with van der Waals surface area (Å²) in [5.41, 5.74) is 1.13. The second-order valence-corrected chi connectivity index (χ2v) is 9.64. The van der Waals surface area contributed by atoms with E-state index in [-0.39, 0.29) is 24.0 Å². The highest BCUT2D eigenvalue weighted by Gasteiger charge is 2.68. The number of fused-ring (bicyclic) bond motifs is 1. The van der Waals surface area contributed by atoms with Crippen LogP contribution < -0.4 is 9.47 Å². The van der Waals surface area contributed by atoms with Gasteiger partial charge in [0.15, 0.2) is 28.6 Å². The molecule has 35 heavy (non-hydrogen) atoms. The highest BCUT2D eigenvalue weighted by Crippen LogP contribution is 2.61. The molecule has 2 aliphatic carbocycles. The van der Waals surface area contributed by atoms with E-state index in [9.17, 15) is 9.59 Å². The standard InChI is InChI=1S/C28H31NO6/c1-18(30)35-28-16-23(33-4)21(31)15-27(28)12-13-29(2)24(28)14-20-10-11-22(32-3)26(25(20)27)34-17-19-8-6-5-7-9-19/h5-11,16,24H,12-15,17H2,1-4H3/t24-,27-,28-/m0/s1. The summed E-state index contributed by atoms with van der Waals surface area (Å²) in [4.78, 5) is 28.1. The van der Waals surface area contributed by atoms with Gasteiger partial charge < -0.3 is 18.9 Å². The van der Waals surface area contributed by atoms with Crippen molar-refractivity contribution in [2.45, 2.75) is 49.9 Å². The largest absolute Gasteiger partial charge is 0.493 e. The van der Waals surface area contributed by atoms with Crippen LogP contribution in [0.3, 0.4) is 0 Å². The van der Waals surface area contributed by atoms with Crippen molar-refractivity contribution < 1.29 is 28.5 Å². The van der Waals surface area contributed by atoms with Crippen molar-refractivity contribution >= 4 is 11.8 Å². The molecule has 0 aromatic heterocycles. The van der Waals surface area contributed by atoms with Crippen molar-refractivity contribution in [2.75, 3.05) is 27.8 Å². The quantitative estimate of drug-likeness (QED) is 0.589. The normalized spacial score (nSPS) is 27.3. The number of benzene rings is 2. The molecule has 1 fully saturated rings. The molecule has 2 bridgehead atoms. The Morgan fingerprint density at radius 1 is 1.11 bits per heavy atom. The lowest BCUT2D eigenvalue weighted by Crippen LogP contribution is -2.73. The first-order chi connectivity index (χ1) is 16.8. The van der Waals surface area contributed by atoms with Crippen LogP contribution in [0.2, 0.25) is 0 Å². The summed E-state index contributed by atoms with van der Waals surface area (Å²) in [5, 5.41) is 0. The van der Waals surface area contributed by atoms with Crippen molar-refractivity contribution in [1.82, 2.24) is 4.90 Å². The van der Waals surface area contributed by atoms with Crippen LogP contribution in [0, 0.1) is 0 Å². The van der Waals surface area contributed by atoms with Gasteiger partial charge in [-0.25, -0.2) is 0 Å². The number of methoxy groups -OCH3 is 2. The van der Waals surface area contributed by atoms with Crippen LogP contribution in [0.5, 0.6) is 11.5 Å². The van der Waals surface area contributed by atoms with Gasteiger partial charge in [-0.3, -0.25) is 14.5 Å². The average molecular weight is 478 g/mol. The number of Topliss-reactive ketones (excluding diaryl/α,β-unsaturated/α-hetero) is 1. The fourth-order valence-corrected chi connectivity index (χ4v) is 6.33. The van der Waals surface area contributed by atoms with E-state index >= 15 is 0 Å². The summed E-state index contributed by atoms with van der Waals surface area (Å²) in [6.45, 7) is 2.52. The zero-order valence-corrected chi connectivity index (χ0v) is 20.6. The molecular formula is C28H31NO6. The Balaban J connectivity index is 1.75. The number of carbonyl (C=O) groups excluding carboxylic acids is 2. The summed E-state index contributed by atoms with van der Waals surface area (Å²) < 4.78 is 23.9. The Bertz CT molecular complexity index is 1190. The molecule has 1 heterocycles. The van der Waals surface area contributed by atoms with Gasteiger partial charge in [0.2, 0.25) is 0 Å². The van der Waals surface area contributed by atoms with E-state index in [1.54, 1.807) is 13.2 Å². The molecule has 0 saturated carbocycles. The van der Waals surface area contributed by atoms with Gasteiger partial charge in [-0.15, -0.1) is 0 Å². The second-order valence-electron chi connectivity index (χ2n) is 9.64. The molecule has 7 heteroatoms. The van der Waals surface area contributed by atoms with E-state index in [1.807, 2.05) is 43.4 Å². The first-order valence-electron chi connectivity index (χ1n) is 11.9. The van der Waals surface area contributed by atoms with Crippen LogP contribution in [-0.2, 0) is 37.5 Å². The third-order valence-electron chi connectivity index (χ3n) is 7.83. The minimum absolute atomic E-state index is 0.108. The zero-order chi connectivity index (χ0) is 24.8. The number of hydrogen-bond donors (Lipinski definition) is 0. The summed E-state index contributed by atoms with van der Waals surface area (Å²) in [7, 11) is 5.14. The highest BCUT2D eigenvalue weighted by atomic mass is 16.6. The van der Waals surface area contributed by atoms with E-state index in [4.69, 9.17) is 18.9 Å². The number of nitrogens with zero attached hydrogens (tertiary/aromatic N) is 1. The fourth-order valence-electron chi connectivity index (χ4n) is 6.33. The molecule has 3 aliphatic rings. The van der Waals surface area contributed by atoms with Gasteiger partial charge in [-0.1, -0.05) is 36.4 Å². The summed E-state index contributed by atoms with van der Waals surface area (Å²) in [5.74, 6) is 0.935. The number of esters is 1. The maximum atomic E-state index is 13.3. The van der Waals surface area contributed by atoms with E-state index in [1.165, 1.54) is 14.0 Å². The van der Waals surface area contributed by atoms with E-state index < -0.39 is 17.0 Å². The summed E-state index contributed by atoms with van der Waals surface area (Å²) >= 11 is 0. The molecule has 0 N–H and O–H groups in total. The molecule has 184 valence electrons. The molecule has 0 radical (unpaired) electrons. The maximum absolute atomic E-state index is 13.3. The zero-order valence-electron chi connectivity index (χ0n) is 20.6. The Hall–Kier alpha value is -3.32. The fraction of sp³-hybridized carbons (Fsp3) is 0.429. The highest BCUT2D eigenvalue weighted by molar-refractivity contribution is 5.97. The number of hydrogen-bond acceptors (Lipinski definition) is 7. The number of likely N-dealkylation sites (tertiary alicyclic amines) is 1. The number of allylic oxidation sites excluding steroid dienone is 1. The molecule has 3 atom stereocenters. The minimum atomic E-state index is -1.07. The molecule has 0 amide bonds. The molecule has 0 spiro atoms. The summed E-state index contributed by atoms with van der Waals surface area (Å²) in [6.07, 6.45) is 3.17. The van der Waals surface area contributed by atoms with Crippen LogP contribution in [0.15, 0.2) is 54.3 Å². The van der Waals surface area contributed by atoms with Gasteiger partial charge in [-0.2, -0.15) is 0 Å². The van der Waals surface area contributed by atoms with Crippen molar-refractivity contribution in [3.05, 3.63) is 71.0 Å². The van der Waals surface area contributed by atoms with E-state index in [2.05, 4.69) is 11.0 Å². The molecule has 2 aromatic carbocycles. The van der Waals surface area contributed by atoms with Crippen LogP contribution >= 0.6 is 0 Å². The number of ether oxygens (including phenoxy) is 4. The number of rotatable bonds is 6. The van der Waals surface area contributed by atoms with Crippen LogP contribution in [0.25, 0.3) is 0 Å². The SMILES string of the molecule is COC1=C[C@]2(OC(C)=O)[C@@H]3Cc4ccc(OC)c(OCc5ccccc5)c4[C@]2(CCN3C)CC1=O. The van der Waals surface area contributed by atoms with E-state index in [0.29, 0.717) is 30.9 Å². The Labute approximate surface area is 205 Å². The second kappa shape index (κ2) is 8.72. The molecule has 7 nitrogen and oxygen atoms in total. The van der Waals surface area contributed by atoms with Gasteiger partial charge in [0, 0.05) is 25.0 Å². The molecule has 1 aliphatic heterocycles. The molecule has 5 rings (SSSR count). The number of likely N-dealkylation sites (N-methyl/N-ethyl adjacent to an activating group) is 1. The number of piperidine rings is 1. The molecule has 2 aromatic rings. The van der Waals surface area contributed by atoms with Crippen LogP contribution in [0.4, 0.5) is 0 Å². The third-order valence-corrected chi connectivity index (χ3v) is 7.83. The monoisotopic (exact) mass is 477 g/mol. The molecule has 0 unspecified atom stereocenters. The van der Waals surface area contributed by atoms with Gasteiger partial charge in [0.05, 0.1) is 25.7 Å². The van der Waals surface area contributed by atoms with Gasteiger partial charge in [0.25, 0.3) is 0 Å². The number of ketones is 1. The number of carbonyl (C=O) groups is 2. The first kappa shape index (κ1) is 23.4. The molecule has 1 saturated heterocycles. The smallest absolute Gasteiger partial charge is 0.303 e. The lowest BCUT2D eigenvalue weighted by atomic mass is 9.50. The van der Waals surface area contributed by atoms with E-state index in [0.717, 1.165) is 23.2 Å². The van der Waals surface area contributed by atoms with Gasteiger partial charge in [-0.05, 0) is 43.6 Å². The predicted molar refractivity (Wildman–Crippen MR) is 129 cm³/mol. The Kier molecular flexibility index (Phi) is 5.83. The van der Waals surface area contributed by atoms with Crippen molar-refractivity contribution in [1.29, 1.82) is 0 Å². The van der Waals surface area contributed by atoms with Crippen LogP contribution in [0.1, 0.15) is 36.5 Å². The van der Waals surface area contributed by atoms with Crippen LogP contribution in [-0.4, -0.2) is 56.1 Å².